The molecule has 1 aliphatic rings. The maximum Gasteiger partial charge on any atom is 0.143 e. The number of hydrogen-bond acceptors (Lipinski definition) is 6. The molecule has 0 atom stereocenters. The Bertz CT molecular complexity index is 615. The predicted octanol–water partition coefficient (Wildman–Crippen LogP) is 2.26. The summed E-state index contributed by atoms with van der Waals surface area (Å²) in [5.41, 5.74) is 0.539. The van der Waals surface area contributed by atoms with E-state index in [1.165, 1.54) is 24.3 Å². The molecule has 21 heavy (non-hydrogen) atoms. The largest absolute Gasteiger partial charge is 0.506 e. The Morgan fingerprint density at radius 2 is 0.952 bits per heavy atom. The molecule has 0 unspecified atom stereocenters. The van der Waals surface area contributed by atoms with E-state index in [2.05, 4.69) is 0 Å². The van der Waals surface area contributed by atoms with Gasteiger partial charge in [0.2, 0.25) is 0 Å². The van der Waals surface area contributed by atoms with Gasteiger partial charge < -0.3 is 30.2 Å². The Labute approximate surface area is 121 Å². The van der Waals surface area contributed by atoms with Gasteiger partial charge in [0.25, 0.3) is 0 Å². The van der Waals surface area contributed by atoms with Gasteiger partial charge in [-0.05, 0) is 24.3 Å². The highest BCUT2D eigenvalue weighted by molar-refractivity contribution is 5.74. The van der Waals surface area contributed by atoms with Crippen molar-refractivity contribution in [2.24, 2.45) is 0 Å². The van der Waals surface area contributed by atoms with Crippen molar-refractivity contribution in [1.82, 2.24) is 0 Å². The molecule has 0 aromatic heterocycles. The molecule has 2 aromatic carbocycles. The second-order valence-electron chi connectivity index (χ2n) is 4.67. The quantitative estimate of drug-likeness (QED) is 0.677. The van der Waals surface area contributed by atoms with Gasteiger partial charge in [0.15, 0.2) is 0 Å². The van der Waals surface area contributed by atoms with E-state index in [0.717, 1.165) is 0 Å². The molecule has 0 spiro atoms. The standard InChI is InChI=1S/C15H14N2O4/c18-10-3-1-4-11(19)14(10)16-7-8-17(9-16)15-12(20)5-2-6-13(15)21/h1-8,18-21H,9H2. The first kappa shape index (κ1) is 13.0. The maximum atomic E-state index is 9.86. The summed E-state index contributed by atoms with van der Waals surface area (Å²) in [6.45, 7) is 0.232. The summed E-state index contributed by atoms with van der Waals surface area (Å²) in [5.74, 6) is -0.211. The normalized spacial score (nSPS) is 13.9. The fourth-order valence-electron chi connectivity index (χ4n) is 2.34. The van der Waals surface area contributed by atoms with Crippen molar-refractivity contribution in [3.63, 3.8) is 0 Å². The van der Waals surface area contributed by atoms with Crippen LogP contribution in [0.3, 0.4) is 0 Å². The molecule has 0 aliphatic carbocycles. The molecule has 0 saturated carbocycles. The summed E-state index contributed by atoms with van der Waals surface area (Å²) in [6, 6.07) is 8.99. The number of para-hydroxylation sites is 2. The number of hydrogen-bond donors (Lipinski definition) is 4. The molecule has 2 aromatic rings. The highest BCUT2D eigenvalue weighted by Gasteiger charge is 2.23. The first-order valence-electron chi connectivity index (χ1n) is 6.31. The molecule has 6 nitrogen and oxygen atoms in total. The van der Waals surface area contributed by atoms with Gasteiger partial charge in [0.1, 0.15) is 34.4 Å². The number of anilines is 2. The van der Waals surface area contributed by atoms with Crippen molar-refractivity contribution in [3.05, 3.63) is 48.8 Å². The van der Waals surface area contributed by atoms with Crippen LogP contribution in [0.1, 0.15) is 0 Å². The van der Waals surface area contributed by atoms with E-state index in [1.807, 2.05) is 0 Å². The lowest BCUT2D eigenvalue weighted by molar-refractivity contribution is 0.450. The third kappa shape index (κ3) is 2.16. The molecule has 4 N–H and O–H groups in total. The lowest BCUT2D eigenvalue weighted by atomic mass is 10.2. The van der Waals surface area contributed by atoms with Crippen LogP contribution in [0.5, 0.6) is 23.0 Å². The van der Waals surface area contributed by atoms with Gasteiger partial charge >= 0.3 is 0 Å². The van der Waals surface area contributed by atoms with E-state index >= 15 is 0 Å². The van der Waals surface area contributed by atoms with Crippen molar-refractivity contribution < 1.29 is 20.4 Å². The summed E-state index contributed by atoms with van der Waals surface area (Å²) in [4.78, 5) is 3.22. The average Bonchev–Trinajstić information content (AvgIpc) is 2.87. The van der Waals surface area contributed by atoms with Crippen LogP contribution in [0.4, 0.5) is 11.4 Å². The summed E-state index contributed by atoms with van der Waals surface area (Å²) in [6.07, 6.45) is 3.28. The Morgan fingerprint density at radius 1 is 0.619 bits per heavy atom. The van der Waals surface area contributed by atoms with E-state index in [-0.39, 0.29) is 41.0 Å². The van der Waals surface area contributed by atoms with Crippen LogP contribution in [-0.4, -0.2) is 27.1 Å². The first-order valence-corrected chi connectivity index (χ1v) is 6.31. The zero-order chi connectivity index (χ0) is 15.0. The molecule has 108 valence electrons. The van der Waals surface area contributed by atoms with Crippen LogP contribution < -0.4 is 9.80 Å². The molecule has 0 radical (unpaired) electrons. The van der Waals surface area contributed by atoms with Crippen LogP contribution in [0, 0.1) is 0 Å². The second kappa shape index (κ2) is 4.82. The van der Waals surface area contributed by atoms with E-state index in [1.54, 1.807) is 34.3 Å². The van der Waals surface area contributed by atoms with Gasteiger partial charge in [-0.1, -0.05) is 12.1 Å². The summed E-state index contributed by atoms with van der Waals surface area (Å²) < 4.78 is 0. The molecule has 3 rings (SSSR count). The van der Waals surface area contributed by atoms with Gasteiger partial charge in [0.05, 0.1) is 6.67 Å². The van der Waals surface area contributed by atoms with Crippen LogP contribution in [0.2, 0.25) is 0 Å². The summed E-state index contributed by atoms with van der Waals surface area (Å²) >= 11 is 0. The third-order valence-electron chi connectivity index (χ3n) is 3.29. The lowest BCUT2D eigenvalue weighted by Gasteiger charge is -2.23. The van der Waals surface area contributed by atoms with E-state index in [4.69, 9.17) is 0 Å². The fraction of sp³-hybridized carbons (Fsp3) is 0.0667. The van der Waals surface area contributed by atoms with Gasteiger partial charge in [-0.2, -0.15) is 0 Å². The number of phenolic OH excluding ortho intramolecular Hbond substituents is 4. The number of phenols is 4. The molecule has 0 amide bonds. The summed E-state index contributed by atoms with van der Waals surface area (Å²) in [7, 11) is 0. The highest BCUT2D eigenvalue weighted by atomic mass is 16.3. The minimum Gasteiger partial charge on any atom is -0.506 e. The smallest absolute Gasteiger partial charge is 0.143 e. The fourth-order valence-corrected chi connectivity index (χ4v) is 2.34. The van der Waals surface area contributed by atoms with Gasteiger partial charge in [0, 0.05) is 12.4 Å². The molecule has 0 fully saturated rings. The van der Waals surface area contributed by atoms with Crippen LogP contribution >= 0.6 is 0 Å². The van der Waals surface area contributed by atoms with E-state index in [9.17, 15) is 20.4 Å². The summed E-state index contributed by atoms with van der Waals surface area (Å²) in [5, 5.41) is 39.5. The average molecular weight is 286 g/mol. The molecule has 6 heteroatoms. The highest BCUT2D eigenvalue weighted by Crippen LogP contribution is 2.41. The number of benzene rings is 2. The predicted molar refractivity (Wildman–Crippen MR) is 78.5 cm³/mol. The lowest BCUT2D eigenvalue weighted by Crippen LogP contribution is -2.24. The van der Waals surface area contributed by atoms with Crippen molar-refractivity contribution in [2.75, 3.05) is 16.5 Å². The number of nitrogens with zero attached hydrogens (tertiary/aromatic N) is 2. The molecule has 0 bridgehead atoms. The first-order chi connectivity index (χ1) is 10.1. The molecule has 1 heterocycles. The van der Waals surface area contributed by atoms with Gasteiger partial charge in [-0.25, -0.2) is 0 Å². The SMILES string of the molecule is Oc1cccc(O)c1N1C=CN(c2c(O)cccc2O)C1. The molecular weight excluding hydrogens is 272 g/mol. The van der Waals surface area contributed by atoms with Crippen molar-refractivity contribution in [3.8, 4) is 23.0 Å². The monoisotopic (exact) mass is 286 g/mol. The Balaban J connectivity index is 1.92. The Kier molecular flexibility index (Phi) is 2.98. The Morgan fingerprint density at radius 3 is 1.29 bits per heavy atom. The zero-order valence-corrected chi connectivity index (χ0v) is 11.0. The maximum absolute atomic E-state index is 9.86. The molecular formula is C15H14N2O4. The van der Waals surface area contributed by atoms with Crippen molar-refractivity contribution in [2.45, 2.75) is 0 Å². The minimum absolute atomic E-state index is 0.0528. The topological polar surface area (TPSA) is 87.4 Å². The van der Waals surface area contributed by atoms with Crippen molar-refractivity contribution in [1.29, 1.82) is 0 Å². The Hall–Kier alpha value is -3.02. The van der Waals surface area contributed by atoms with E-state index in [0.29, 0.717) is 0 Å². The number of rotatable bonds is 2. The van der Waals surface area contributed by atoms with Crippen molar-refractivity contribution >= 4 is 11.4 Å². The zero-order valence-electron chi connectivity index (χ0n) is 11.0. The third-order valence-corrected chi connectivity index (χ3v) is 3.29. The van der Waals surface area contributed by atoms with Crippen LogP contribution in [0.15, 0.2) is 48.8 Å². The molecule has 1 aliphatic heterocycles. The number of aromatic hydroxyl groups is 4. The minimum atomic E-state index is -0.0528. The second-order valence-corrected chi connectivity index (χ2v) is 4.67. The van der Waals surface area contributed by atoms with Crippen LogP contribution in [-0.2, 0) is 0 Å². The van der Waals surface area contributed by atoms with Gasteiger partial charge in [-0.3, -0.25) is 0 Å². The molecule has 0 saturated heterocycles. The van der Waals surface area contributed by atoms with Crippen LogP contribution in [0.25, 0.3) is 0 Å². The van der Waals surface area contributed by atoms with Gasteiger partial charge in [-0.15, -0.1) is 0 Å². The van der Waals surface area contributed by atoms with E-state index < -0.39 is 0 Å².